The topological polar surface area (TPSA) is 63.6 Å². The summed E-state index contributed by atoms with van der Waals surface area (Å²) in [6, 6.07) is 0. The zero-order valence-corrected chi connectivity index (χ0v) is 14.6. The first kappa shape index (κ1) is 19.4. The highest BCUT2D eigenvalue weighted by Gasteiger charge is 2.42. The van der Waals surface area contributed by atoms with Gasteiger partial charge in [-0.2, -0.15) is 0 Å². The zero-order chi connectivity index (χ0) is 17.5. The van der Waals surface area contributed by atoms with Gasteiger partial charge in [0.1, 0.15) is 0 Å². The molecule has 0 aromatic heterocycles. The smallest absolute Gasteiger partial charge is 0.306 e. The number of hydrogen-bond acceptors (Lipinski definition) is 4. The Bertz CT molecular complexity index is 523. The lowest BCUT2D eigenvalue weighted by Gasteiger charge is -2.33. The molecular formula is C19H28O4. The van der Waals surface area contributed by atoms with Gasteiger partial charge in [-0.25, -0.2) is 0 Å². The molecule has 1 N–H and O–H groups in total. The number of allylic oxidation sites excluding steroid dienone is 5. The highest BCUT2D eigenvalue weighted by molar-refractivity contribution is 5.98. The fourth-order valence-corrected chi connectivity index (χ4v) is 2.77. The maximum Gasteiger partial charge on any atom is 0.306 e. The summed E-state index contributed by atoms with van der Waals surface area (Å²) in [5.41, 5.74) is 1.58. The van der Waals surface area contributed by atoms with Crippen molar-refractivity contribution in [2.24, 2.45) is 5.41 Å². The maximum absolute atomic E-state index is 12.4. The zero-order valence-electron chi connectivity index (χ0n) is 14.6. The summed E-state index contributed by atoms with van der Waals surface area (Å²) in [4.78, 5) is 24.1. The van der Waals surface area contributed by atoms with Gasteiger partial charge in [-0.1, -0.05) is 29.4 Å². The molecule has 0 saturated carbocycles. The lowest BCUT2D eigenvalue weighted by Crippen LogP contribution is -2.38. The second-order valence-electron chi connectivity index (χ2n) is 6.60. The van der Waals surface area contributed by atoms with Crippen molar-refractivity contribution >= 4 is 11.8 Å². The lowest BCUT2D eigenvalue weighted by molar-refractivity contribution is -0.147. The Morgan fingerprint density at radius 3 is 2.70 bits per heavy atom. The van der Waals surface area contributed by atoms with Crippen LogP contribution in [0.25, 0.3) is 0 Å². The molecule has 1 aliphatic carbocycles. The normalized spacial score (nSPS) is 24.5. The van der Waals surface area contributed by atoms with Gasteiger partial charge in [-0.3, -0.25) is 9.59 Å². The van der Waals surface area contributed by atoms with Gasteiger partial charge in [0.05, 0.1) is 19.6 Å². The van der Waals surface area contributed by atoms with Crippen molar-refractivity contribution in [2.45, 2.75) is 59.0 Å². The number of esters is 1. The quantitative estimate of drug-likeness (QED) is 0.576. The second kappa shape index (κ2) is 8.82. The van der Waals surface area contributed by atoms with Crippen LogP contribution >= 0.6 is 0 Å². The third-order valence-corrected chi connectivity index (χ3v) is 4.24. The van der Waals surface area contributed by atoms with Crippen LogP contribution in [-0.4, -0.2) is 30.1 Å². The van der Waals surface area contributed by atoms with Gasteiger partial charge in [0, 0.05) is 5.41 Å². The van der Waals surface area contributed by atoms with E-state index in [0.717, 1.165) is 12.8 Å². The fraction of sp³-hybridized carbons (Fsp3) is 0.579. The van der Waals surface area contributed by atoms with E-state index in [1.807, 2.05) is 13.0 Å². The van der Waals surface area contributed by atoms with Crippen molar-refractivity contribution in [3.8, 4) is 0 Å². The number of aliphatic hydroxyl groups excluding tert-OH is 1. The molecule has 0 spiro atoms. The van der Waals surface area contributed by atoms with Crippen LogP contribution in [-0.2, 0) is 14.3 Å². The van der Waals surface area contributed by atoms with E-state index in [1.165, 1.54) is 30.4 Å². The van der Waals surface area contributed by atoms with Gasteiger partial charge in [-0.15, -0.1) is 0 Å². The predicted octanol–water partition coefficient (Wildman–Crippen LogP) is 3.51. The minimum atomic E-state index is -0.890. The Kier molecular flexibility index (Phi) is 7.43. The third kappa shape index (κ3) is 6.14. The van der Waals surface area contributed by atoms with Crippen molar-refractivity contribution in [3.05, 3.63) is 35.5 Å². The fourth-order valence-electron chi connectivity index (χ4n) is 2.77. The summed E-state index contributed by atoms with van der Waals surface area (Å²) in [6.45, 7) is 6.17. The highest BCUT2D eigenvalue weighted by Crippen LogP contribution is 2.38. The van der Waals surface area contributed by atoms with Crippen molar-refractivity contribution in [1.29, 1.82) is 0 Å². The van der Waals surface area contributed by atoms with E-state index in [4.69, 9.17) is 4.74 Å². The Morgan fingerprint density at radius 2 is 2.09 bits per heavy atom. The molecule has 0 bridgehead atoms. The van der Waals surface area contributed by atoms with Crippen molar-refractivity contribution in [1.82, 2.24) is 0 Å². The first-order chi connectivity index (χ1) is 10.8. The minimum Gasteiger partial charge on any atom is -0.469 e. The average molecular weight is 320 g/mol. The summed E-state index contributed by atoms with van der Waals surface area (Å²) in [5.74, 6) is -0.530. The van der Waals surface area contributed by atoms with Gasteiger partial charge >= 0.3 is 5.97 Å². The Balaban J connectivity index is 2.85. The number of rotatable bonds is 7. The van der Waals surface area contributed by atoms with E-state index in [1.54, 1.807) is 0 Å². The third-order valence-electron chi connectivity index (χ3n) is 4.24. The van der Waals surface area contributed by atoms with Crippen LogP contribution in [0.3, 0.4) is 0 Å². The average Bonchev–Trinajstić information content (AvgIpc) is 2.48. The standard InChI is InChI=1S/C19H28O4/c1-14(2)6-5-7-15(3)10-11-19(13-18(22)23-4)12-16(20)8-9-17(19)21/h6,8-10,16,20H,5,7,11-13H2,1-4H3. The number of aliphatic hydroxyl groups is 1. The predicted molar refractivity (Wildman–Crippen MR) is 90.9 cm³/mol. The number of carbonyl (C=O) groups is 2. The molecule has 4 nitrogen and oxygen atoms in total. The molecule has 0 amide bonds. The molecule has 1 rings (SSSR count). The van der Waals surface area contributed by atoms with Crippen molar-refractivity contribution < 1.29 is 19.4 Å². The molecule has 4 heteroatoms. The minimum absolute atomic E-state index is 0.00147. The van der Waals surface area contributed by atoms with Crippen LogP contribution in [0.1, 0.15) is 52.9 Å². The molecule has 0 aliphatic heterocycles. The molecule has 2 unspecified atom stereocenters. The lowest BCUT2D eigenvalue weighted by atomic mass is 9.70. The summed E-state index contributed by atoms with van der Waals surface area (Å²) in [5, 5.41) is 9.90. The van der Waals surface area contributed by atoms with E-state index >= 15 is 0 Å². The van der Waals surface area contributed by atoms with Gasteiger partial charge in [0.2, 0.25) is 0 Å². The van der Waals surface area contributed by atoms with E-state index in [2.05, 4.69) is 19.9 Å². The number of methoxy groups -OCH3 is 1. The van der Waals surface area contributed by atoms with E-state index < -0.39 is 17.5 Å². The number of hydrogen-bond donors (Lipinski definition) is 1. The molecule has 0 fully saturated rings. The van der Waals surface area contributed by atoms with E-state index in [9.17, 15) is 14.7 Å². The molecule has 0 saturated heterocycles. The summed E-state index contributed by atoms with van der Waals surface area (Å²) >= 11 is 0. The summed E-state index contributed by atoms with van der Waals surface area (Å²) in [6.07, 6.45) is 8.98. The van der Waals surface area contributed by atoms with Crippen LogP contribution in [0, 0.1) is 5.41 Å². The molecule has 128 valence electrons. The molecular weight excluding hydrogens is 292 g/mol. The molecule has 0 aromatic carbocycles. The summed E-state index contributed by atoms with van der Waals surface area (Å²) < 4.78 is 4.73. The molecule has 1 aliphatic rings. The van der Waals surface area contributed by atoms with Crippen molar-refractivity contribution in [2.75, 3.05) is 7.11 Å². The van der Waals surface area contributed by atoms with E-state index in [-0.39, 0.29) is 18.6 Å². The van der Waals surface area contributed by atoms with Crippen LogP contribution in [0.5, 0.6) is 0 Å². The van der Waals surface area contributed by atoms with Gasteiger partial charge in [-0.05, 0) is 52.5 Å². The van der Waals surface area contributed by atoms with Gasteiger partial charge in [0.25, 0.3) is 0 Å². The highest BCUT2D eigenvalue weighted by atomic mass is 16.5. The molecule has 0 aromatic rings. The largest absolute Gasteiger partial charge is 0.469 e. The SMILES string of the molecule is COC(=O)CC1(CC=C(C)CCC=C(C)C)CC(O)C=CC1=O. The van der Waals surface area contributed by atoms with Crippen LogP contribution in [0.2, 0.25) is 0 Å². The molecule has 0 heterocycles. The summed E-state index contributed by atoms with van der Waals surface area (Å²) in [7, 11) is 1.32. The van der Waals surface area contributed by atoms with Gasteiger partial charge < -0.3 is 9.84 Å². The number of carbonyl (C=O) groups excluding carboxylic acids is 2. The van der Waals surface area contributed by atoms with Crippen LogP contribution < -0.4 is 0 Å². The maximum atomic E-state index is 12.4. The monoisotopic (exact) mass is 320 g/mol. The Hall–Kier alpha value is -1.68. The Morgan fingerprint density at radius 1 is 1.39 bits per heavy atom. The molecule has 23 heavy (non-hydrogen) atoms. The number of ketones is 1. The van der Waals surface area contributed by atoms with Crippen LogP contribution in [0.15, 0.2) is 35.5 Å². The first-order valence-corrected chi connectivity index (χ1v) is 8.05. The van der Waals surface area contributed by atoms with Gasteiger partial charge in [0.15, 0.2) is 5.78 Å². The second-order valence-corrected chi connectivity index (χ2v) is 6.60. The van der Waals surface area contributed by atoms with Crippen molar-refractivity contribution in [3.63, 3.8) is 0 Å². The molecule has 0 radical (unpaired) electrons. The molecule has 2 atom stereocenters. The van der Waals surface area contributed by atoms with E-state index in [0.29, 0.717) is 6.42 Å². The Labute approximate surface area is 138 Å². The van der Waals surface area contributed by atoms with Crippen LogP contribution in [0.4, 0.5) is 0 Å². The first-order valence-electron chi connectivity index (χ1n) is 8.05. The number of ether oxygens (including phenoxy) is 1.